The van der Waals surface area contributed by atoms with Crippen molar-refractivity contribution in [3.05, 3.63) is 57.8 Å². The molecule has 20 heavy (non-hydrogen) atoms. The number of nitrogens with one attached hydrogen (secondary N) is 1. The van der Waals surface area contributed by atoms with E-state index in [1.807, 2.05) is 6.07 Å². The highest BCUT2D eigenvalue weighted by Gasteiger charge is 2.10. The molecule has 0 fully saturated rings. The molecule has 0 saturated heterocycles. The first kappa shape index (κ1) is 14.6. The van der Waals surface area contributed by atoms with Gasteiger partial charge in [0, 0.05) is 14.9 Å². The standard InChI is InChI=1S/C14H8BrFN2OS/c15-10-5-8(7-17)1-4-12(10)18-14(19)9-2-3-11(16)13(20)6-9/h1-6,20H,(H,18,19). The molecule has 0 aliphatic carbocycles. The van der Waals surface area contributed by atoms with Gasteiger partial charge in [-0.2, -0.15) is 5.26 Å². The van der Waals surface area contributed by atoms with Crippen molar-refractivity contribution in [3.63, 3.8) is 0 Å². The highest BCUT2D eigenvalue weighted by molar-refractivity contribution is 9.10. The van der Waals surface area contributed by atoms with Crippen LogP contribution in [0.5, 0.6) is 0 Å². The van der Waals surface area contributed by atoms with Crippen LogP contribution in [0.25, 0.3) is 0 Å². The van der Waals surface area contributed by atoms with E-state index in [0.717, 1.165) is 0 Å². The van der Waals surface area contributed by atoms with E-state index >= 15 is 0 Å². The molecule has 0 heterocycles. The fourth-order valence-electron chi connectivity index (χ4n) is 1.53. The van der Waals surface area contributed by atoms with Crippen LogP contribution >= 0.6 is 28.6 Å². The van der Waals surface area contributed by atoms with Crippen molar-refractivity contribution in [2.24, 2.45) is 0 Å². The van der Waals surface area contributed by atoms with Crippen molar-refractivity contribution in [1.82, 2.24) is 0 Å². The Morgan fingerprint density at radius 3 is 2.65 bits per heavy atom. The quantitative estimate of drug-likeness (QED) is 0.804. The first-order chi connectivity index (χ1) is 9.51. The monoisotopic (exact) mass is 350 g/mol. The van der Waals surface area contributed by atoms with Crippen LogP contribution in [0.1, 0.15) is 15.9 Å². The number of thiol groups is 1. The van der Waals surface area contributed by atoms with Crippen LogP contribution in [0.15, 0.2) is 45.8 Å². The minimum Gasteiger partial charge on any atom is -0.321 e. The lowest BCUT2D eigenvalue weighted by Gasteiger charge is -2.08. The molecule has 100 valence electrons. The fourth-order valence-corrected chi connectivity index (χ4v) is 2.23. The van der Waals surface area contributed by atoms with Crippen LogP contribution in [0.4, 0.5) is 10.1 Å². The zero-order valence-electron chi connectivity index (χ0n) is 10.0. The van der Waals surface area contributed by atoms with Gasteiger partial charge in [0.2, 0.25) is 0 Å². The molecule has 0 atom stereocenters. The van der Waals surface area contributed by atoms with Crippen molar-refractivity contribution in [1.29, 1.82) is 5.26 Å². The molecular formula is C14H8BrFN2OS. The third kappa shape index (κ3) is 3.18. The van der Waals surface area contributed by atoms with Crippen LogP contribution in [-0.4, -0.2) is 5.91 Å². The number of carbonyl (C=O) groups excluding carboxylic acids is 1. The molecule has 2 aromatic rings. The van der Waals surface area contributed by atoms with E-state index in [0.29, 0.717) is 21.3 Å². The summed E-state index contributed by atoms with van der Waals surface area (Å²) >= 11 is 7.21. The van der Waals surface area contributed by atoms with E-state index in [1.54, 1.807) is 18.2 Å². The van der Waals surface area contributed by atoms with Gasteiger partial charge in [0.25, 0.3) is 5.91 Å². The fraction of sp³-hybridized carbons (Fsp3) is 0. The Morgan fingerprint density at radius 1 is 1.30 bits per heavy atom. The predicted octanol–water partition coefficient (Wildman–Crippen LogP) is 4.00. The van der Waals surface area contributed by atoms with Crippen molar-refractivity contribution >= 4 is 40.2 Å². The zero-order valence-corrected chi connectivity index (χ0v) is 12.5. The maximum Gasteiger partial charge on any atom is 0.255 e. The van der Waals surface area contributed by atoms with E-state index in [2.05, 4.69) is 33.9 Å². The van der Waals surface area contributed by atoms with Gasteiger partial charge in [-0.1, -0.05) is 0 Å². The molecule has 2 rings (SSSR count). The molecule has 0 bridgehead atoms. The van der Waals surface area contributed by atoms with Gasteiger partial charge in [0.15, 0.2) is 0 Å². The minimum atomic E-state index is -0.482. The van der Waals surface area contributed by atoms with Crippen LogP contribution in [-0.2, 0) is 0 Å². The highest BCUT2D eigenvalue weighted by Crippen LogP contribution is 2.24. The summed E-state index contributed by atoms with van der Waals surface area (Å²) in [5.74, 6) is -0.866. The number of halogens is 2. The number of nitriles is 1. The van der Waals surface area contributed by atoms with Gasteiger partial charge >= 0.3 is 0 Å². The number of amides is 1. The van der Waals surface area contributed by atoms with E-state index in [9.17, 15) is 9.18 Å². The van der Waals surface area contributed by atoms with E-state index < -0.39 is 5.82 Å². The topological polar surface area (TPSA) is 52.9 Å². The molecule has 1 N–H and O–H groups in total. The summed E-state index contributed by atoms with van der Waals surface area (Å²) in [4.78, 5) is 12.1. The summed E-state index contributed by atoms with van der Waals surface area (Å²) in [6.45, 7) is 0. The van der Waals surface area contributed by atoms with Gasteiger partial charge in [-0.3, -0.25) is 4.79 Å². The number of hydrogen-bond donors (Lipinski definition) is 2. The lowest BCUT2D eigenvalue weighted by molar-refractivity contribution is 0.102. The Bertz CT molecular complexity index is 728. The summed E-state index contributed by atoms with van der Waals surface area (Å²) in [6.07, 6.45) is 0. The smallest absolute Gasteiger partial charge is 0.255 e. The van der Waals surface area contributed by atoms with Crippen molar-refractivity contribution in [3.8, 4) is 6.07 Å². The summed E-state index contributed by atoms with van der Waals surface area (Å²) in [6, 6.07) is 10.7. The van der Waals surface area contributed by atoms with Gasteiger partial charge in [0.05, 0.1) is 17.3 Å². The number of benzene rings is 2. The largest absolute Gasteiger partial charge is 0.321 e. The van der Waals surface area contributed by atoms with Gasteiger partial charge in [0.1, 0.15) is 5.82 Å². The van der Waals surface area contributed by atoms with Gasteiger partial charge < -0.3 is 5.32 Å². The Morgan fingerprint density at radius 2 is 2.05 bits per heavy atom. The Labute approximate surface area is 129 Å². The molecule has 0 aromatic heterocycles. The van der Waals surface area contributed by atoms with Crippen molar-refractivity contribution < 1.29 is 9.18 Å². The molecule has 0 unspecified atom stereocenters. The van der Waals surface area contributed by atoms with Crippen LogP contribution in [0.3, 0.4) is 0 Å². The number of nitrogens with zero attached hydrogens (tertiary/aromatic N) is 1. The van der Waals surface area contributed by atoms with Crippen molar-refractivity contribution in [2.75, 3.05) is 5.32 Å². The van der Waals surface area contributed by atoms with Crippen LogP contribution < -0.4 is 5.32 Å². The number of anilines is 1. The first-order valence-electron chi connectivity index (χ1n) is 5.51. The van der Waals surface area contributed by atoms with Crippen LogP contribution in [0, 0.1) is 17.1 Å². The summed E-state index contributed by atoms with van der Waals surface area (Å²) in [5.41, 5.74) is 1.31. The molecule has 0 aliphatic rings. The van der Waals surface area contributed by atoms with E-state index in [4.69, 9.17) is 5.26 Å². The molecule has 0 saturated carbocycles. The molecule has 6 heteroatoms. The third-order valence-corrected chi connectivity index (χ3v) is 3.55. The Balaban J connectivity index is 2.23. The maximum atomic E-state index is 13.1. The molecule has 2 aromatic carbocycles. The second kappa shape index (κ2) is 6.07. The second-order valence-electron chi connectivity index (χ2n) is 3.93. The van der Waals surface area contributed by atoms with Gasteiger partial charge in [-0.15, -0.1) is 12.6 Å². The molecule has 0 spiro atoms. The Kier molecular flexibility index (Phi) is 4.42. The molecule has 1 amide bonds. The highest BCUT2D eigenvalue weighted by atomic mass is 79.9. The number of hydrogen-bond acceptors (Lipinski definition) is 3. The predicted molar refractivity (Wildman–Crippen MR) is 80.5 cm³/mol. The lowest BCUT2D eigenvalue weighted by atomic mass is 10.2. The lowest BCUT2D eigenvalue weighted by Crippen LogP contribution is -2.12. The minimum absolute atomic E-state index is 0.108. The third-order valence-electron chi connectivity index (χ3n) is 2.55. The summed E-state index contributed by atoms with van der Waals surface area (Å²) in [5, 5.41) is 11.4. The first-order valence-corrected chi connectivity index (χ1v) is 6.75. The van der Waals surface area contributed by atoms with E-state index in [1.165, 1.54) is 18.2 Å². The van der Waals surface area contributed by atoms with Crippen molar-refractivity contribution in [2.45, 2.75) is 4.90 Å². The molecular weight excluding hydrogens is 343 g/mol. The number of carbonyl (C=O) groups is 1. The summed E-state index contributed by atoms with van der Waals surface area (Å²) in [7, 11) is 0. The maximum absolute atomic E-state index is 13.1. The SMILES string of the molecule is N#Cc1ccc(NC(=O)c2ccc(F)c(S)c2)c(Br)c1. The summed E-state index contributed by atoms with van der Waals surface area (Å²) < 4.78 is 13.7. The number of rotatable bonds is 2. The molecule has 0 aliphatic heterocycles. The van der Waals surface area contributed by atoms with Gasteiger partial charge in [-0.05, 0) is 52.3 Å². The Hall–Kier alpha value is -1.84. The second-order valence-corrected chi connectivity index (χ2v) is 5.26. The van der Waals surface area contributed by atoms with Gasteiger partial charge in [-0.25, -0.2) is 4.39 Å². The van der Waals surface area contributed by atoms with E-state index in [-0.39, 0.29) is 10.8 Å². The van der Waals surface area contributed by atoms with Crippen LogP contribution in [0.2, 0.25) is 0 Å². The molecule has 3 nitrogen and oxygen atoms in total. The zero-order chi connectivity index (χ0) is 14.7. The average molecular weight is 351 g/mol. The average Bonchev–Trinajstić information content (AvgIpc) is 2.43. The molecule has 0 radical (unpaired) electrons. The normalized spacial score (nSPS) is 9.90.